The molecule has 13 heavy (non-hydrogen) atoms. The van der Waals surface area contributed by atoms with Crippen LogP contribution in [0.1, 0.15) is 22.3 Å². The fourth-order valence-corrected chi connectivity index (χ4v) is 1.48. The number of hydrogen-bond acceptors (Lipinski definition) is 4. The van der Waals surface area contributed by atoms with Gasteiger partial charge in [0.1, 0.15) is 0 Å². The Morgan fingerprint density at radius 3 is 2.62 bits per heavy atom. The van der Waals surface area contributed by atoms with E-state index in [0.717, 1.165) is 23.2 Å². The Labute approximate surface area is 75.8 Å². The molecule has 1 aromatic rings. The summed E-state index contributed by atoms with van der Waals surface area (Å²) in [6.45, 7) is 0. The number of aryl methyl sites for hydroxylation is 1. The largest absolute Gasteiger partial charge is 0.399 e. The predicted octanol–water partition coefficient (Wildman–Crippen LogP) is 1.43. The first-order valence-electron chi connectivity index (χ1n) is 3.89. The van der Waals surface area contributed by atoms with Gasteiger partial charge in [0, 0.05) is 28.5 Å². The smallest absolute Gasteiger partial charge is 0.163 e. The van der Waals surface area contributed by atoms with Gasteiger partial charge in [0.2, 0.25) is 0 Å². The molecule has 0 unspecified atom stereocenters. The van der Waals surface area contributed by atoms with Crippen molar-refractivity contribution in [2.45, 2.75) is 12.8 Å². The third kappa shape index (κ3) is 1.64. The Balaban J connectivity index is 0.000000396. The van der Waals surface area contributed by atoms with Crippen molar-refractivity contribution >= 4 is 11.5 Å². The average molecular weight is 175 g/mol. The standard InChI is InChI=1S/C9H9NO.N2/c10-7-2-3-8-6(5-7)1-4-9(8)11;1-2/h2-3,5H,1,4,10H2;. The topological polar surface area (TPSA) is 90.7 Å². The molecule has 2 rings (SSSR count). The van der Waals surface area contributed by atoms with Gasteiger partial charge in [-0.2, -0.15) is 0 Å². The monoisotopic (exact) mass is 175 g/mol. The molecule has 1 aliphatic rings. The highest BCUT2D eigenvalue weighted by Gasteiger charge is 2.18. The lowest BCUT2D eigenvalue weighted by Gasteiger charge is -1.97. The van der Waals surface area contributed by atoms with E-state index < -0.39 is 0 Å². The van der Waals surface area contributed by atoms with E-state index in [0.29, 0.717) is 6.42 Å². The zero-order chi connectivity index (χ0) is 9.84. The molecule has 66 valence electrons. The Kier molecular flexibility index (Phi) is 2.60. The van der Waals surface area contributed by atoms with Crippen molar-refractivity contribution in [2.75, 3.05) is 5.73 Å². The molecule has 1 aliphatic carbocycles. The predicted molar refractivity (Wildman–Crippen MR) is 47.0 cm³/mol. The van der Waals surface area contributed by atoms with Crippen LogP contribution in [-0.2, 0) is 6.42 Å². The maximum atomic E-state index is 11.1. The van der Waals surface area contributed by atoms with Crippen LogP contribution in [0.4, 0.5) is 5.69 Å². The van der Waals surface area contributed by atoms with E-state index in [1.54, 1.807) is 6.07 Å². The molecule has 0 bridgehead atoms. The van der Waals surface area contributed by atoms with Crippen molar-refractivity contribution in [3.8, 4) is 0 Å². The van der Waals surface area contributed by atoms with Gasteiger partial charge in [-0.05, 0) is 30.2 Å². The van der Waals surface area contributed by atoms with Gasteiger partial charge >= 0.3 is 0 Å². The Bertz CT molecular complexity index is 357. The summed E-state index contributed by atoms with van der Waals surface area (Å²) < 4.78 is 0. The van der Waals surface area contributed by atoms with Gasteiger partial charge in [-0.1, -0.05) is 0 Å². The number of fused-ring (bicyclic) bond motifs is 1. The van der Waals surface area contributed by atoms with Crippen LogP contribution in [0.5, 0.6) is 0 Å². The van der Waals surface area contributed by atoms with Crippen molar-refractivity contribution in [1.29, 1.82) is 10.8 Å². The van der Waals surface area contributed by atoms with E-state index in [-0.39, 0.29) is 5.78 Å². The molecule has 0 amide bonds. The van der Waals surface area contributed by atoms with Crippen LogP contribution in [0.3, 0.4) is 0 Å². The van der Waals surface area contributed by atoms with Crippen LogP contribution in [0.25, 0.3) is 0 Å². The fraction of sp³-hybridized carbons (Fsp3) is 0.222. The summed E-state index contributed by atoms with van der Waals surface area (Å²) in [5.74, 6) is 0.250. The number of nitrogen functional groups attached to an aromatic ring is 1. The normalized spacial score (nSPS) is 12.9. The molecule has 0 spiro atoms. The summed E-state index contributed by atoms with van der Waals surface area (Å²) in [4.78, 5) is 11.1. The van der Waals surface area contributed by atoms with Gasteiger partial charge in [-0.25, -0.2) is 0 Å². The molecule has 0 aromatic heterocycles. The summed E-state index contributed by atoms with van der Waals surface area (Å²) in [5.41, 5.74) is 8.28. The van der Waals surface area contributed by atoms with E-state index in [1.807, 2.05) is 12.1 Å². The second kappa shape index (κ2) is 3.68. The van der Waals surface area contributed by atoms with Gasteiger partial charge < -0.3 is 5.73 Å². The molecule has 0 aliphatic heterocycles. The highest BCUT2D eigenvalue weighted by Crippen LogP contribution is 2.23. The maximum absolute atomic E-state index is 11.1. The molecule has 0 saturated heterocycles. The quantitative estimate of drug-likeness (QED) is 0.477. The first-order valence-corrected chi connectivity index (χ1v) is 3.89. The minimum atomic E-state index is 0.250. The van der Waals surface area contributed by atoms with E-state index >= 15 is 0 Å². The van der Waals surface area contributed by atoms with Crippen molar-refractivity contribution < 1.29 is 4.79 Å². The van der Waals surface area contributed by atoms with Crippen LogP contribution in [-0.4, -0.2) is 5.78 Å². The Morgan fingerprint density at radius 2 is 1.92 bits per heavy atom. The van der Waals surface area contributed by atoms with Gasteiger partial charge in [0.15, 0.2) is 5.78 Å². The number of Topliss-reactive ketones (excluding diaryl/α,β-unsaturated/α-hetero) is 1. The molecule has 2 N–H and O–H groups in total. The van der Waals surface area contributed by atoms with Crippen LogP contribution < -0.4 is 5.73 Å². The van der Waals surface area contributed by atoms with Crippen molar-refractivity contribution in [1.82, 2.24) is 0 Å². The minimum Gasteiger partial charge on any atom is -0.399 e. The number of nitrogens with zero attached hydrogens (tertiary/aromatic N) is 2. The van der Waals surface area contributed by atoms with E-state index in [1.165, 1.54) is 0 Å². The van der Waals surface area contributed by atoms with E-state index in [2.05, 4.69) is 0 Å². The zero-order valence-electron chi connectivity index (χ0n) is 7.03. The van der Waals surface area contributed by atoms with Crippen LogP contribution >= 0.6 is 0 Å². The highest BCUT2D eigenvalue weighted by atomic mass is 16.1. The SMILES string of the molecule is N#N.Nc1ccc2c(c1)CCC2=O. The molecular formula is C9H9N3O. The molecule has 4 heteroatoms. The van der Waals surface area contributed by atoms with Crippen molar-refractivity contribution in [3.05, 3.63) is 29.3 Å². The molecule has 0 radical (unpaired) electrons. The number of nitrogens with two attached hydrogens (primary N) is 1. The van der Waals surface area contributed by atoms with Crippen molar-refractivity contribution in [2.24, 2.45) is 0 Å². The molecular weight excluding hydrogens is 166 g/mol. The molecule has 0 heterocycles. The second-order valence-electron chi connectivity index (χ2n) is 2.84. The van der Waals surface area contributed by atoms with E-state index in [9.17, 15) is 4.79 Å². The average Bonchev–Trinajstić information content (AvgIpc) is 2.51. The number of carbonyl (C=O) groups excluding carboxylic acids is 1. The lowest BCUT2D eigenvalue weighted by Crippen LogP contribution is -1.92. The number of benzene rings is 1. The van der Waals surface area contributed by atoms with Gasteiger partial charge in [0.05, 0.1) is 0 Å². The summed E-state index contributed by atoms with van der Waals surface area (Å²) in [7, 11) is 0. The zero-order valence-corrected chi connectivity index (χ0v) is 7.03. The Morgan fingerprint density at radius 1 is 1.23 bits per heavy atom. The lowest BCUT2D eigenvalue weighted by atomic mass is 10.1. The Hall–Kier alpha value is -1.89. The number of hydrogen-bond donors (Lipinski definition) is 1. The van der Waals surface area contributed by atoms with Gasteiger partial charge in [-0.3, -0.25) is 4.79 Å². The maximum Gasteiger partial charge on any atom is 0.163 e. The number of ketones is 1. The van der Waals surface area contributed by atoms with Crippen LogP contribution in [0.15, 0.2) is 18.2 Å². The molecule has 0 saturated carbocycles. The summed E-state index contributed by atoms with van der Waals surface area (Å²) in [5, 5.41) is 12.0. The number of carbonyl (C=O) groups is 1. The minimum absolute atomic E-state index is 0.250. The summed E-state index contributed by atoms with van der Waals surface area (Å²) in [6.07, 6.45) is 1.51. The highest BCUT2D eigenvalue weighted by molar-refractivity contribution is 6.00. The molecule has 1 aromatic carbocycles. The fourth-order valence-electron chi connectivity index (χ4n) is 1.48. The summed E-state index contributed by atoms with van der Waals surface area (Å²) in [6, 6.07) is 5.49. The third-order valence-electron chi connectivity index (χ3n) is 2.05. The summed E-state index contributed by atoms with van der Waals surface area (Å²) >= 11 is 0. The third-order valence-corrected chi connectivity index (χ3v) is 2.05. The number of rotatable bonds is 0. The van der Waals surface area contributed by atoms with Crippen LogP contribution in [0.2, 0.25) is 0 Å². The molecule has 0 fully saturated rings. The first kappa shape index (κ1) is 9.20. The van der Waals surface area contributed by atoms with Gasteiger partial charge in [0.25, 0.3) is 0 Å². The van der Waals surface area contributed by atoms with Crippen molar-refractivity contribution in [3.63, 3.8) is 0 Å². The van der Waals surface area contributed by atoms with Crippen LogP contribution in [0, 0.1) is 10.8 Å². The number of anilines is 1. The molecule has 4 nitrogen and oxygen atoms in total. The first-order chi connectivity index (χ1) is 6.27. The van der Waals surface area contributed by atoms with E-state index in [4.69, 9.17) is 16.5 Å². The second-order valence-corrected chi connectivity index (χ2v) is 2.84. The molecule has 0 atom stereocenters. The van der Waals surface area contributed by atoms with Gasteiger partial charge in [-0.15, -0.1) is 0 Å². The lowest BCUT2D eigenvalue weighted by molar-refractivity contribution is 0.0994.